The summed E-state index contributed by atoms with van der Waals surface area (Å²) in [6, 6.07) is 5.25. The average Bonchev–Trinajstić information content (AvgIpc) is 2.04. The second-order valence-corrected chi connectivity index (χ2v) is 3.17. The Labute approximate surface area is 72.0 Å². The normalized spacial score (nSPS) is 12.5. The fourth-order valence-electron chi connectivity index (χ4n) is 0.737. The molecule has 0 aliphatic carbocycles. The van der Waals surface area contributed by atoms with Gasteiger partial charge < -0.3 is 4.55 Å². The molecule has 1 aromatic carbocycles. The van der Waals surface area contributed by atoms with Crippen molar-refractivity contribution in [2.24, 2.45) is 0 Å². The molecule has 1 unspecified atom stereocenters. The summed E-state index contributed by atoms with van der Waals surface area (Å²) < 4.78 is 31.5. The highest BCUT2D eigenvalue weighted by atomic mass is 32.2. The van der Waals surface area contributed by atoms with E-state index in [2.05, 4.69) is 6.58 Å². The topological polar surface area (TPSA) is 37.3 Å². The van der Waals surface area contributed by atoms with E-state index in [4.69, 9.17) is 4.55 Å². The molecule has 0 spiro atoms. The maximum atomic E-state index is 12.4. The van der Waals surface area contributed by atoms with Crippen LogP contribution in [-0.2, 0) is 11.1 Å². The van der Waals surface area contributed by atoms with Crippen molar-refractivity contribution < 1.29 is 13.2 Å². The van der Waals surface area contributed by atoms with Crippen LogP contribution in [0.2, 0.25) is 0 Å². The van der Waals surface area contributed by atoms with E-state index in [-0.39, 0.29) is 10.7 Å². The highest BCUT2D eigenvalue weighted by molar-refractivity contribution is 7.89. The Kier molecular flexibility index (Phi) is 2.73. The molecule has 0 fully saturated rings. The van der Waals surface area contributed by atoms with E-state index < -0.39 is 11.1 Å². The van der Waals surface area contributed by atoms with Gasteiger partial charge in [0.15, 0.2) is 11.1 Å². The molecule has 2 nitrogen and oxygen atoms in total. The molecule has 0 amide bonds. The molecule has 1 N–H and O–H groups in total. The predicted molar refractivity (Wildman–Crippen MR) is 46.2 cm³/mol. The van der Waals surface area contributed by atoms with E-state index in [1.54, 1.807) is 0 Å². The van der Waals surface area contributed by atoms with E-state index in [9.17, 15) is 8.60 Å². The zero-order chi connectivity index (χ0) is 9.14. The largest absolute Gasteiger partial charge is 0.302 e. The molecule has 0 heterocycles. The van der Waals surface area contributed by atoms with Crippen LogP contribution in [0.3, 0.4) is 0 Å². The van der Waals surface area contributed by atoms with Crippen molar-refractivity contribution in [1.82, 2.24) is 0 Å². The van der Waals surface area contributed by atoms with Crippen LogP contribution in [0, 0.1) is 5.82 Å². The predicted octanol–water partition coefficient (Wildman–Crippen LogP) is 2.02. The maximum absolute atomic E-state index is 12.4. The first-order valence-electron chi connectivity index (χ1n) is 3.17. The van der Waals surface area contributed by atoms with E-state index in [1.807, 2.05) is 0 Å². The van der Waals surface area contributed by atoms with Gasteiger partial charge in [-0.25, -0.2) is 8.60 Å². The fourth-order valence-corrected chi connectivity index (χ4v) is 1.07. The minimum atomic E-state index is -2.08. The SMILES string of the molecule is C=C(c1ccc(F)cc1)S(=O)O. The molecule has 12 heavy (non-hydrogen) atoms. The monoisotopic (exact) mass is 186 g/mol. The van der Waals surface area contributed by atoms with Crippen molar-refractivity contribution in [2.45, 2.75) is 0 Å². The molecule has 0 aromatic heterocycles. The Morgan fingerprint density at radius 3 is 2.33 bits per heavy atom. The van der Waals surface area contributed by atoms with Gasteiger partial charge in [-0.15, -0.1) is 0 Å². The van der Waals surface area contributed by atoms with Gasteiger partial charge in [-0.05, 0) is 17.7 Å². The van der Waals surface area contributed by atoms with Crippen molar-refractivity contribution >= 4 is 16.0 Å². The highest BCUT2D eigenvalue weighted by Gasteiger charge is 2.03. The zero-order valence-electron chi connectivity index (χ0n) is 6.16. The molecule has 4 heteroatoms. The third kappa shape index (κ3) is 1.99. The van der Waals surface area contributed by atoms with E-state index >= 15 is 0 Å². The first kappa shape index (κ1) is 9.09. The maximum Gasteiger partial charge on any atom is 0.186 e. The summed E-state index contributed by atoms with van der Waals surface area (Å²) in [5.41, 5.74) is 0.470. The minimum Gasteiger partial charge on any atom is -0.302 e. The Hall–Kier alpha value is -1.00. The second kappa shape index (κ2) is 3.60. The molecule has 1 rings (SSSR count). The van der Waals surface area contributed by atoms with Crippen LogP contribution in [0.5, 0.6) is 0 Å². The first-order chi connectivity index (χ1) is 5.61. The smallest absolute Gasteiger partial charge is 0.186 e. The van der Waals surface area contributed by atoms with Gasteiger partial charge >= 0.3 is 0 Å². The Balaban J connectivity index is 2.98. The number of hydrogen-bond acceptors (Lipinski definition) is 1. The van der Waals surface area contributed by atoms with E-state index in [1.165, 1.54) is 24.3 Å². The van der Waals surface area contributed by atoms with E-state index in [0.717, 1.165) is 0 Å². The van der Waals surface area contributed by atoms with Crippen LogP contribution >= 0.6 is 0 Å². The van der Waals surface area contributed by atoms with Crippen molar-refractivity contribution in [3.63, 3.8) is 0 Å². The number of rotatable bonds is 2. The van der Waals surface area contributed by atoms with Gasteiger partial charge in [-0.3, -0.25) is 0 Å². The summed E-state index contributed by atoms with van der Waals surface area (Å²) in [5.74, 6) is -0.379. The number of hydrogen-bond donors (Lipinski definition) is 1. The van der Waals surface area contributed by atoms with Gasteiger partial charge in [0.1, 0.15) is 5.82 Å². The summed E-state index contributed by atoms with van der Waals surface area (Å²) in [6.45, 7) is 3.38. The second-order valence-electron chi connectivity index (χ2n) is 2.18. The Morgan fingerprint density at radius 2 is 1.92 bits per heavy atom. The van der Waals surface area contributed by atoms with Crippen molar-refractivity contribution in [1.29, 1.82) is 0 Å². The van der Waals surface area contributed by atoms with Gasteiger partial charge in [0.05, 0.1) is 4.91 Å². The molecule has 64 valence electrons. The lowest BCUT2D eigenvalue weighted by atomic mass is 10.2. The van der Waals surface area contributed by atoms with Crippen molar-refractivity contribution in [3.8, 4) is 0 Å². The van der Waals surface area contributed by atoms with Gasteiger partial charge in [0.25, 0.3) is 0 Å². The molecule has 0 aliphatic rings. The third-order valence-electron chi connectivity index (χ3n) is 1.38. The van der Waals surface area contributed by atoms with Crippen LogP contribution < -0.4 is 0 Å². The number of halogens is 1. The van der Waals surface area contributed by atoms with Crippen LogP contribution in [0.1, 0.15) is 5.56 Å². The fraction of sp³-hybridized carbons (Fsp3) is 0. The molecule has 0 saturated heterocycles. The standard InChI is InChI=1S/C8H7FO2S/c1-6(12(10)11)7-2-4-8(9)5-3-7/h2-5H,1H2,(H,10,11). The quantitative estimate of drug-likeness (QED) is 0.717. The van der Waals surface area contributed by atoms with Crippen LogP contribution in [0.4, 0.5) is 4.39 Å². The minimum absolute atomic E-state index is 0.0787. The molecule has 1 atom stereocenters. The molecule has 1 aromatic rings. The summed E-state index contributed by atoms with van der Waals surface area (Å²) in [5, 5.41) is 0. The van der Waals surface area contributed by atoms with Gasteiger partial charge in [-0.2, -0.15) is 0 Å². The average molecular weight is 186 g/mol. The van der Waals surface area contributed by atoms with Crippen molar-refractivity contribution in [3.05, 3.63) is 42.2 Å². The lowest BCUT2D eigenvalue weighted by Crippen LogP contribution is -1.90. The molecule has 0 radical (unpaired) electrons. The summed E-state index contributed by atoms with van der Waals surface area (Å²) in [4.78, 5) is 0.0787. The van der Waals surface area contributed by atoms with Crippen LogP contribution in [0.15, 0.2) is 30.8 Å². The van der Waals surface area contributed by atoms with Gasteiger partial charge in [-0.1, -0.05) is 18.7 Å². The van der Waals surface area contributed by atoms with Crippen LogP contribution in [0.25, 0.3) is 4.91 Å². The highest BCUT2D eigenvalue weighted by Crippen LogP contribution is 2.14. The molecular weight excluding hydrogens is 179 g/mol. The molecular formula is C8H7FO2S. The molecule has 0 aliphatic heterocycles. The molecule has 0 saturated carbocycles. The Morgan fingerprint density at radius 1 is 1.42 bits per heavy atom. The van der Waals surface area contributed by atoms with Crippen molar-refractivity contribution in [2.75, 3.05) is 0 Å². The van der Waals surface area contributed by atoms with Crippen LogP contribution in [-0.4, -0.2) is 8.76 Å². The molecule has 0 bridgehead atoms. The lowest BCUT2D eigenvalue weighted by molar-refractivity contribution is 0.575. The Bertz CT molecular complexity index is 318. The third-order valence-corrected chi connectivity index (χ3v) is 2.03. The summed E-state index contributed by atoms with van der Waals surface area (Å²) in [6.07, 6.45) is 0. The van der Waals surface area contributed by atoms with E-state index in [0.29, 0.717) is 5.56 Å². The summed E-state index contributed by atoms with van der Waals surface area (Å²) in [7, 11) is 0. The first-order valence-corrected chi connectivity index (χ1v) is 4.27. The van der Waals surface area contributed by atoms with Gasteiger partial charge in [0, 0.05) is 0 Å². The number of benzene rings is 1. The lowest BCUT2D eigenvalue weighted by Gasteiger charge is -1.99. The van der Waals surface area contributed by atoms with Gasteiger partial charge in [0.2, 0.25) is 0 Å². The summed E-state index contributed by atoms with van der Waals surface area (Å²) >= 11 is -2.08. The zero-order valence-corrected chi connectivity index (χ0v) is 6.97.